The first-order chi connectivity index (χ1) is 13.1. The Labute approximate surface area is 154 Å². The molecule has 1 atom stereocenters. The van der Waals surface area contributed by atoms with Gasteiger partial charge in [-0.05, 0) is 31.2 Å². The maximum atomic E-state index is 13.4. The van der Waals surface area contributed by atoms with Crippen molar-refractivity contribution in [3.05, 3.63) is 93.4 Å². The number of aromatic nitrogens is 2. The minimum Gasteiger partial charge on any atom is -0.468 e. The molecule has 1 aliphatic rings. The summed E-state index contributed by atoms with van der Waals surface area (Å²) in [5.41, 5.74) is 7.62. The van der Waals surface area contributed by atoms with Gasteiger partial charge in [-0.2, -0.15) is 5.26 Å². The second kappa shape index (κ2) is 6.50. The van der Waals surface area contributed by atoms with Gasteiger partial charge >= 0.3 is 0 Å². The molecule has 4 heterocycles. The molecular weight excluding hydrogens is 344 g/mol. The van der Waals surface area contributed by atoms with Crippen LogP contribution in [0.1, 0.15) is 28.6 Å². The third-order valence-corrected chi connectivity index (χ3v) is 4.56. The second-order valence-corrected chi connectivity index (χ2v) is 6.22. The molecule has 0 bridgehead atoms. The number of rotatable bonds is 3. The number of furan rings is 1. The van der Waals surface area contributed by atoms with Gasteiger partial charge in [-0.1, -0.05) is 6.07 Å². The Kier molecular flexibility index (Phi) is 4.01. The van der Waals surface area contributed by atoms with E-state index in [1.54, 1.807) is 29.0 Å². The van der Waals surface area contributed by atoms with Crippen molar-refractivity contribution in [3.63, 3.8) is 0 Å². The van der Waals surface area contributed by atoms with Crippen LogP contribution in [0.15, 0.2) is 69.5 Å². The smallest absolute Gasteiger partial charge is 0.259 e. The summed E-state index contributed by atoms with van der Waals surface area (Å²) >= 11 is 0. The van der Waals surface area contributed by atoms with Gasteiger partial charge in [0.1, 0.15) is 23.2 Å². The third kappa shape index (κ3) is 2.77. The van der Waals surface area contributed by atoms with Crippen molar-refractivity contribution in [1.29, 1.82) is 5.26 Å². The molecule has 0 spiro atoms. The Hall–Kier alpha value is -3.79. The summed E-state index contributed by atoms with van der Waals surface area (Å²) in [6, 6.07) is 12.8. The van der Waals surface area contributed by atoms with Gasteiger partial charge in [0, 0.05) is 18.0 Å². The van der Waals surface area contributed by atoms with Crippen LogP contribution in [0.2, 0.25) is 0 Å². The van der Waals surface area contributed by atoms with Gasteiger partial charge in [-0.3, -0.25) is 9.78 Å². The Bertz CT molecular complexity index is 1120. The number of nitriles is 1. The van der Waals surface area contributed by atoms with Crippen LogP contribution in [0, 0.1) is 18.3 Å². The highest BCUT2D eigenvalue weighted by Crippen LogP contribution is 2.40. The molecule has 7 nitrogen and oxygen atoms in total. The number of hydrogen-bond acceptors (Lipinski definition) is 6. The first-order valence-electron chi connectivity index (χ1n) is 8.35. The van der Waals surface area contributed by atoms with E-state index < -0.39 is 5.92 Å². The molecule has 1 unspecified atom stereocenters. The predicted molar refractivity (Wildman–Crippen MR) is 96.8 cm³/mol. The second-order valence-electron chi connectivity index (χ2n) is 6.22. The van der Waals surface area contributed by atoms with Crippen LogP contribution in [-0.4, -0.2) is 9.55 Å². The summed E-state index contributed by atoms with van der Waals surface area (Å²) < 4.78 is 12.7. The highest BCUT2D eigenvalue weighted by atomic mass is 16.5. The summed E-state index contributed by atoms with van der Waals surface area (Å²) in [7, 11) is 0. The molecule has 2 N–H and O–H groups in total. The highest BCUT2D eigenvalue weighted by Gasteiger charge is 2.36. The normalized spacial score (nSPS) is 15.8. The van der Waals surface area contributed by atoms with Crippen molar-refractivity contribution in [2.24, 2.45) is 5.73 Å². The van der Waals surface area contributed by atoms with E-state index in [1.807, 2.05) is 25.1 Å². The number of nitrogens with two attached hydrogens (primary N) is 1. The fourth-order valence-corrected chi connectivity index (χ4v) is 3.28. The molecule has 27 heavy (non-hydrogen) atoms. The topological polar surface area (TPSA) is 107 Å². The van der Waals surface area contributed by atoms with E-state index in [0.29, 0.717) is 29.3 Å². The molecule has 1 aliphatic heterocycles. The Morgan fingerprint density at radius 2 is 2.19 bits per heavy atom. The molecule has 4 rings (SSSR count). The summed E-state index contributed by atoms with van der Waals surface area (Å²) in [6.07, 6.45) is 3.18. The average Bonchev–Trinajstić information content (AvgIpc) is 3.19. The standard InChI is InChI=1S/C20H16N4O3/c1-12-9-16-18(20(25)24(12)11-13-5-2-3-7-23-13)17(15-6-4-8-26-15)14(10-21)19(22)27-16/h2-9,17H,11,22H2,1H3. The fourth-order valence-electron chi connectivity index (χ4n) is 3.28. The van der Waals surface area contributed by atoms with Gasteiger partial charge in [-0.15, -0.1) is 0 Å². The van der Waals surface area contributed by atoms with Crippen LogP contribution in [0.25, 0.3) is 0 Å². The molecule has 0 amide bonds. The zero-order valence-electron chi connectivity index (χ0n) is 14.5. The lowest BCUT2D eigenvalue weighted by molar-refractivity contribution is 0.379. The van der Waals surface area contributed by atoms with Crippen molar-refractivity contribution in [3.8, 4) is 11.8 Å². The third-order valence-electron chi connectivity index (χ3n) is 4.56. The summed E-state index contributed by atoms with van der Waals surface area (Å²) in [5, 5.41) is 9.58. The van der Waals surface area contributed by atoms with Crippen molar-refractivity contribution in [2.45, 2.75) is 19.4 Å². The van der Waals surface area contributed by atoms with E-state index >= 15 is 0 Å². The summed E-state index contributed by atoms with van der Waals surface area (Å²) in [6.45, 7) is 2.13. The first-order valence-corrected chi connectivity index (χ1v) is 8.35. The van der Waals surface area contributed by atoms with E-state index in [0.717, 1.165) is 5.69 Å². The minimum atomic E-state index is -0.711. The zero-order chi connectivity index (χ0) is 19.0. The van der Waals surface area contributed by atoms with Crippen molar-refractivity contribution in [2.75, 3.05) is 0 Å². The lowest BCUT2D eigenvalue weighted by Gasteiger charge is -2.25. The Balaban J connectivity index is 1.92. The predicted octanol–water partition coefficient (Wildman–Crippen LogP) is 2.41. The molecule has 3 aromatic heterocycles. The molecule has 134 valence electrons. The van der Waals surface area contributed by atoms with Crippen LogP contribution in [0.4, 0.5) is 0 Å². The van der Waals surface area contributed by atoms with Gasteiger partial charge in [0.2, 0.25) is 5.88 Å². The van der Waals surface area contributed by atoms with Crippen molar-refractivity contribution < 1.29 is 9.15 Å². The number of allylic oxidation sites excluding steroid dienone is 1. The number of ether oxygens (including phenoxy) is 1. The van der Waals surface area contributed by atoms with Crippen LogP contribution in [0.5, 0.6) is 5.75 Å². The van der Waals surface area contributed by atoms with Crippen molar-refractivity contribution in [1.82, 2.24) is 9.55 Å². The fraction of sp³-hybridized carbons (Fsp3) is 0.150. The van der Waals surface area contributed by atoms with Gasteiger partial charge in [0.05, 0.1) is 30.0 Å². The quantitative estimate of drug-likeness (QED) is 0.768. The maximum absolute atomic E-state index is 13.4. The number of fused-ring (bicyclic) bond motifs is 1. The van der Waals surface area contributed by atoms with Gasteiger partial charge in [-0.25, -0.2) is 0 Å². The molecule has 0 aliphatic carbocycles. The lowest BCUT2D eigenvalue weighted by atomic mass is 9.88. The SMILES string of the molecule is Cc1cc2c(c(=O)n1Cc1ccccn1)C(c1ccco1)C(C#N)=C(N)O2. The van der Waals surface area contributed by atoms with Crippen LogP contribution < -0.4 is 16.0 Å². The molecule has 0 radical (unpaired) electrons. The van der Waals surface area contributed by atoms with E-state index in [4.69, 9.17) is 14.9 Å². The highest BCUT2D eigenvalue weighted by molar-refractivity contribution is 5.53. The van der Waals surface area contributed by atoms with Crippen LogP contribution >= 0.6 is 0 Å². The van der Waals surface area contributed by atoms with E-state index in [-0.39, 0.29) is 17.0 Å². The number of aryl methyl sites for hydroxylation is 1. The van der Waals surface area contributed by atoms with E-state index in [2.05, 4.69) is 11.1 Å². The van der Waals surface area contributed by atoms with Gasteiger partial charge < -0.3 is 19.5 Å². The lowest BCUT2D eigenvalue weighted by Crippen LogP contribution is -2.33. The van der Waals surface area contributed by atoms with Crippen LogP contribution in [0.3, 0.4) is 0 Å². The summed E-state index contributed by atoms with van der Waals surface area (Å²) in [5.74, 6) is 0.0709. The molecule has 0 saturated heterocycles. The molecule has 0 saturated carbocycles. The molecule has 7 heteroatoms. The maximum Gasteiger partial charge on any atom is 0.259 e. The van der Waals surface area contributed by atoms with Gasteiger partial charge in [0.15, 0.2) is 0 Å². The average molecular weight is 360 g/mol. The number of hydrogen-bond donors (Lipinski definition) is 1. The monoisotopic (exact) mass is 360 g/mol. The minimum absolute atomic E-state index is 0.0207. The molecule has 0 fully saturated rings. The molecular formula is C20H16N4O3. The summed E-state index contributed by atoms with van der Waals surface area (Å²) in [4.78, 5) is 17.6. The Morgan fingerprint density at radius 3 is 2.85 bits per heavy atom. The van der Waals surface area contributed by atoms with Crippen LogP contribution in [-0.2, 0) is 6.54 Å². The van der Waals surface area contributed by atoms with E-state index in [1.165, 1.54) is 6.26 Å². The first kappa shape index (κ1) is 16.7. The number of pyridine rings is 2. The molecule has 3 aromatic rings. The molecule has 0 aromatic carbocycles. The van der Waals surface area contributed by atoms with Gasteiger partial charge in [0.25, 0.3) is 5.56 Å². The zero-order valence-corrected chi connectivity index (χ0v) is 14.5. The number of nitrogens with zero attached hydrogens (tertiary/aromatic N) is 3. The van der Waals surface area contributed by atoms with Crippen molar-refractivity contribution >= 4 is 0 Å². The van der Waals surface area contributed by atoms with E-state index in [9.17, 15) is 10.1 Å². The Morgan fingerprint density at radius 1 is 1.33 bits per heavy atom. The largest absolute Gasteiger partial charge is 0.468 e.